The number of hydrogen-bond donors (Lipinski definition) is 1. The van der Waals surface area contributed by atoms with Gasteiger partial charge in [0.05, 0.1) is 17.5 Å². The summed E-state index contributed by atoms with van der Waals surface area (Å²) in [5.74, 6) is 0. The summed E-state index contributed by atoms with van der Waals surface area (Å²) in [6.07, 6.45) is 0.836. The van der Waals surface area contributed by atoms with E-state index in [2.05, 4.69) is 16.8 Å². The molecule has 0 saturated heterocycles. The van der Waals surface area contributed by atoms with Crippen molar-refractivity contribution >= 4 is 0 Å². The smallest absolute Gasteiger partial charge is 0.0987 e. The molecule has 1 N–H and O–H groups in total. The van der Waals surface area contributed by atoms with Gasteiger partial charge in [0.25, 0.3) is 0 Å². The lowest BCUT2D eigenvalue weighted by Crippen LogP contribution is -2.01. The van der Waals surface area contributed by atoms with Gasteiger partial charge in [-0.05, 0) is 19.9 Å². The highest BCUT2D eigenvalue weighted by molar-refractivity contribution is 5.24. The van der Waals surface area contributed by atoms with Gasteiger partial charge < -0.3 is 5.11 Å². The van der Waals surface area contributed by atoms with E-state index in [4.69, 9.17) is 0 Å². The Morgan fingerprint density at radius 3 is 2.75 bits per heavy atom. The Bertz CT molecular complexity index is 297. The third kappa shape index (κ3) is 1.68. The summed E-state index contributed by atoms with van der Waals surface area (Å²) in [6, 6.07) is 1.81. The second kappa shape index (κ2) is 3.45. The Morgan fingerprint density at radius 2 is 2.17 bits per heavy atom. The topological polar surface area (TPSA) is 46.0 Å². The molecule has 3 nitrogen and oxygen atoms in total. The van der Waals surface area contributed by atoms with Crippen LogP contribution in [0.5, 0.6) is 0 Å². The minimum atomic E-state index is -0.640. The van der Waals surface area contributed by atoms with Crippen LogP contribution >= 0.6 is 0 Å². The van der Waals surface area contributed by atoms with E-state index in [0.717, 1.165) is 17.0 Å². The van der Waals surface area contributed by atoms with E-state index in [1.165, 1.54) is 6.08 Å². The monoisotopic (exact) mass is 164 g/mol. The van der Waals surface area contributed by atoms with Gasteiger partial charge in [-0.3, -0.25) is 0 Å². The average Bonchev–Trinajstić information content (AvgIpc) is 2.08. The number of aliphatic hydroxyl groups is 1. The van der Waals surface area contributed by atoms with E-state index in [0.29, 0.717) is 0 Å². The quantitative estimate of drug-likeness (QED) is 0.670. The van der Waals surface area contributed by atoms with Crippen molar-refractivity contribution in [2.75, 3.05) is 0 Å². The minimum absolute atomic E-state index is 0.640. The molecule has 0 aliphatic carbocycles. The second-order valence-corrected chi connectivity index (χ2v) is 2.71. The van der Waals surface area contributed by atoms with Crippen molar-refractivity contribution in [3.8, 4) is 0 Å². The maximum Gasteiger partial charge on any atom is 0.0987 e. The summed E-state index contributed by atoms with van der Waals surface area (Å²) in [4.78, 5) is 0. The summed E-state index contributed by atoms with van der Waals surface area (Å²) in [5.41, 5.74) is 2.32. The van der Waals surface area contributed by atoms with Crippen molar-refractivity contribution in [1.82, 2.24) is 10.2 Å². The van der Waals surface area contributed by atoms with Crippen molar-refractivity contribution in [2.24, 2.45) is 0 Å². The zero-order valence-electron chi connectivity index (χ0n) is 7.28. The molecule has 0 radical (unpaired) electrons. The van der Waals surface area contributed by atoms with Crippen molar-refractivity contribution in [3.05, 3.63) is 35.7 Å². The molecule has 3 heteroatoms. The predicted molar refractivity (Wildman–Crippen MR) is 46.7 cm³/mol. The molecular weight excluding hydrogens is 152 g/mol. The van der Waals surface area contributed by atoms with Crippen molar-refractivity contribution in [1.29, 1.82) is 0 Å². The van der Waals surface area contributed by atoms with E-state index >= 15 is 0 Å². The van der Waals surface area contributed by atoms with Gasteiger partial charge in [-0.25, -0.2) is 0 Å². The Kier molecular flexibility index (Phi) is 2.55. The summed E-state index contributed by atoms with van der Waals surface area (Å²) in [6.45, 7) is 7.16. The van der Waals surface area contributed by atoms with E-state index in [1.54, 1.807) is 0 Å². The van der Waals surface area contributed by atoms with Gasteiger partial charge in [-0.15, -0.1) is 6.58 Å². The molecular formula is C9H12N2O. The van der Waals surface area contributed by atoms with Gasteiger partial charge in [0.1, 0.15) is 0 Å². The Labute approximate surface area is 71.8 Å². The maximum atomic E-state index is 9.45. The molecule has 1 heterocycles. The van der Waals surface area contributed by atoms with Crippen LogP contribution in [-0.4, -0.2) is 15.3 Å². The zero-order chi connectivity index (χ0) is 9.14. The van der Waals surface area contributed by atoms with E-state index < -0.39 is 6.10 Å². The van der Waals surface area contributed by atoms with Crippen LogP contribution in [0.4, 0.5) is 0 Å². The number of aromatic nitrogens is 2. The molecule has 1 unspecified atom stereocenters. The highest BCUT2D eigenvalue weighted by Crippen LogP contribution is 2.16. The zero-order valence-corrected chi connectivity index (χ0v) is 7.28. The molecule has 1 aromatic heterocycles. The average molecular weight is 164 g/mol. The molecule has 0 spiro atoms. The molecule has 0 amide bonds. The molecule has 0 aromatic carbocycles. The summed E-state index contributed by atoms with van der Waals surface area (Å²) in [7, 11) is 0. The lowest BCUT2D eigenvalue weighted by atomic mass is 10.1. The van der Waals surface area contributed by atoms with Gasteiger partial charge >= 0.3 is 0 Å². The standard InChI is InChI=1S/C9H12N2O/c1-4-9(12)8-5-6(2)10-11-7(8)3/h4-5,9,12H,1H2,2-3H3. The summed E-state index contributed by atoms with van der Waals surface area (Å²) >= 11 is 0. The first-order valence-electron chi connectivity index (χ1n) is 3.76. The number of aliphatic hydroxyl groups excluding tert-OH is 1. The van der Waals surface area contributed by atoms with Crippen LogP contribution in [-0.2, 0) is 0 Å². The molecule has 64 valence electrons. The van der Waals surface area contributed by atoms with Crippen LogP contribution in [0.2, 0.25) is 0 Å². The molecule has 0 fully saturated rings. The van der Waals surface area contributed by atoms with Crippen LogP contribution in [0.3, 0.4) is 0 Å². The summed E-state index contributed by atoms with van der Waals surface area (Å²) in [5, 5.41) is 17.2. The SMILES string of the molecule is C=CC(O)c1cc(C)nnc1C. The van der Waals surface area contributed by atoms with Crippen LogP contribution in [0.15, 0.2) is 18.7 Å². The van der Waals surface area contributed by atoms with Crippen LogP contribution in [0.1, 0.15) is 23.1 Å². The van der Waals surface area contributed by atoms with Gasteiger partial charge in [0.2, 0.25) is 0 Å². The largest absolute Gasteiger partial charge is 0.384 e. The molecule has 1 aromatic rings. The van der Waals surface area contributed by atoms with Crippen LogP contribution in [0.25, 0.3) is 0 Å². The molecule has 1 rings (SSSR count). The number of rotatable bonds is 2. The Balaban J connectivity index is 3.12. The predicted octanol–water partition coefficient (Wildman–Crippen LogP) is 1.31. The van der Waals surface area contributed by atoms with Crippen LogP contribution in [0, 0.1) is 13.8 Å². The number of aryl methyl sites for hydroxylation is 2. The lowest BCUT2D eigenvalue weighted by Gasteiger charge is -2.07. The Hall–Kier alpha value is -1.22. The Morgan fingerprint density at radius 1 is 1.50 bits per heavy atom. The fourth-order valence-electron chi connectivity index (χ4n) is 0.996. The minimum Gasteiger partial charge on any atom is -0.384 e. The normalized spacial score (nSPS) is 12.6. The van der Waals surface area contributed by atoms with Gasteiger partial charge in [-0.2, -0.15) is 10.2 Å². The highest BCUT2D eigenvalue weighted by atomic mass is 16.3. The molecule has 12 heavy (non-hydrogen) atoms. The first kappa shape index (κ1) is 8.87. The maximum absolute atomic E-state index is 9.45. The number of hydrogen-bond acceptors (Lipinski definition) is 3. The van der Waals surface area contributed by atoms with E-state index in [9.17, 15) is 5.11 Å². The third-order valence-electron chi connectivity index (χ3n) is 1.68. The second-order valence-electron chi connectivity index (χ2n) is 2.71. The van der Waals surface area contributed by atoms with Gasteiger partial charge in [-0.1, -0.05) is 6.08 Å². The molecule has 0 aliphatic heterocycles. The van der Waals surface area contributed by atoms with Crippen molar-refractivity contribution in [2.45, 2.75) is 20.0 Å². The van der Waals surface area contributed by atoms with Crippen LogP contribution < -0.4 is 0 Å². The molecule has 0 aliphatic rings. The van der Waals surface area contributed by atoms with E-state index in [-0.39, 0.29) is 0 Å². The third-order valence-corrected chi connectivity index (χ3v) is 1.68. The first-order valence-corrected chi connectivity index (χ1v) is 3.76. The summed E-state index contributed by atoms with van der Waals surface area (Å²) < 4.78 is 0. The van der Waals surface area contributed by atoms with Crippen molar-refractivity contribution in [3.63, 3.8) is 0 Å². The fraction of sp³-hybridized carbons (Fsp3) is 0.333. The molecule has 0 bridgehead atoms. The molecule has 1 atom stereocenters. The first-order chi connectivity index (χ1) is 5.65. The highest BCUT2D eigenvalue weighted by Gasteiger charge is 2.07. The number of nitrogens with zero attached hydrogens (tertiary/aromatic N) is 2. The van der Waals surface area contributed by atoms with Gasteiger partial charge in [0, 0.05) is 5.56 Å². The fourth-order valence-corrected chi connectivity index (χ4v) is 0.996. The van der Waals surface area contributed by atoms with E-state index in [1.807, 2.05) is 19.9 Å². The van der Waals surface area contributed by atoms with Crippen molar-refractivity contribution < 1.29 is 5.11 Å². The molecule has 0 saturated carbocycles. The van der Waals surface area contributed by atoms with Gasteiger partial charge in [0.15, 0.2) is 0 Å². The lowest BCUT2D eigenvalue weighted by molar-refractivity contribution is 0.227.